The molecule has 5 heteroatoms. The standard InChI is InChI=1S/C10H15N5/c1-4-5-14(2)9-6-10(13-8-12-9)15(3)7-11/h6,8H,4-5H2,1-3H3. The van der Waals surface area contributed by atoms with E-state index < -0.39 is 0 Å². The SMILES string of the molecule is CCCN(C)c1cc(N(C)C#N)ncn1. The largest absolute Gasteiger partial charge is 0.360 e. The summed E-state index contributed by atoms with van der Waals surface area (Å²) >= 11 is 0. The number of hydrogen-bond donors (Lipinski definition) is 0. The predicted molar refractivity (Wildman–Crippen MR) is 59.6 cm³/mol. The first kappa shape index (κ1) is 11.2. The molecule has 0 aliphatic heterocycles. The third kappa shape index (κ3) is 2.81. The molecule has 1 rings (SSSR count). The van der Waals surface area contributed by atoms with Gasteiger partial charge < -0.3 is 4.90 Å². The van der Waals surface area contributed by atoms with Gasteiger partial charge in [0.2, 0.25) is 0 Å². The lowest BCUT2D eigenvalue weighted by Crippen LogP contribution is -2.20. The van der Waals surface area contributed by atoms with E-state index in [0.717, 1.165) is 18.8 Å². The molecule has 1 aromatic heterocycles. The van der Waals surface area contributed by atoms with Gasteiger partial charge in [-0.3, -0.25) is 4.90 Å². The maximum absolute atomic E-state index is 8.72. The molecule has 0 aromatic carbocycles. The van der Waals surface area contributed by atoms with E-state index in [-0.39, 0.29) is 0 Å². The second-order valence-electron chi connectivity index (χ2n) is 3.31. The zero-order valence-electron chi connectivity index (χ0n) is 9.30. The van der Waals surface area contributed by atoms with Gasteiger partial charge in [0.05, 0.1) is 0 Å². The van der Waals surface area contributed by atoms with E-state index in [9.17, 15) is 0 Å². The highest BCUT2D eigenvalue weighted by atomic mass is 15.2. The second kappa shape index (κ2) is 5.15. The van der Waals surface area contributed by atoms with Gasteiger partial charge >= 0.3 is 0 Å². The van der Waals surface area contributed by atoms with E-state index in [4.69, 9.17) is 5.26 Å². The van der Waals surface area contributed by atoms with Crippen molar-refractivity contribution < 1.29 is 0 Å². The number of nitrogens with zero attached hydrogens (tertiary/aromatic N) is 5. The normalized spacial score (nSPS) is 9.47. The Kier molecular flexibility index (Phi) is 3.86. The van der Waals surface area contributed by atoms with Crippen molar-refractivity contribution in [3.05, 3.63) is 12.4 Å². The molecular formula is C10H15N5. The van der Waals surface area contributed by atoms with Crippen molar-refractivity contribution in [2.45, 2.75) is 13.3 Å². The molecule has 0 spiro atoms. The van der Waals surface area contributed by atoms with Gasteiger partial charge in [0.25, 0.3) is 0 Å². The third-order valence-electron chi connectivity index (χ3n) is 2.08. The molecule has 0 aliphatic rings. The molecule has 80 valence electrons. The quantitative estimate of drug-likeness (QED) is 0.546. The molecule has 0 fully saturated rings. The first-order chi connectivity index (χ1) is 7.19. The third-order valence-corrected chi connectivity index (χ3v) is 2.08. The summed E-state index contributed by atoms with van der Waals surface area (Å²) in [5.74, 6) is 1.45. The van der Waals surface area contributed by atoms with E-state index in [1.165, 1.54) is 11.2 Å². The Hall–Kier alpha value is -1.83. The van der Waals surface area contributed by atoms with Crippen molar-refractivity contribution >= 4 is 11.6 Å². The van der Waals surface area contributed by atoms with Crippen LogP contribution in [0.3, 0.4) is 0 Å². The zero-order valence-corrected chi connectivity index (χ0v) is 9.30. The molecule has 0 aliphatic carbocycles. The summed E-state index contributed by atoms with van der Waals surface area (Å²) in [4.78, 5) is 11.6. The summed E-state index contributed by atoms with van der Waals surface area (Å²) in [6.45, 7) is 3.05. The van der Waals surface area contributed by atoms with Gasteiger partial charge in [-0.25, -0.2) is 9.97 Å². The summed E-state index contributed by atoms with van der Waals surface area (Å²) in [7, 11) is 3.65. The van der Waals surface area contributed by atoms with Gasteiger partial charge in [0, 0.05) is 26.7 Å². The fraction of sp³-hybridized carbons (Fsp3) is 0.500. The zero-order chi connectivity index (χ0) is 11.3. The molecule has 0 saturated carbocycles. The molecule has 1 heterocycles. The lowest BCUT2D eigenvalue weighted by molar-refractivity contribution is 0.833. The van der Waals surface area contributed by atoms with Crippen LogP contribution in [0.1, 0.15) is 13.3 Å². The number of rotatable bonds is 4. The van der Waals surface area contributed by atoms with Gasteiger partial charge in [-0.15, -0.1) is 0 Å². The Labute approximate surface area is 90.0 Å². The molecule has 15 heavy (non-hydrogen) atoms. The fourth-order valence-corrected chi connectivity index (χ4v) is 1.23. The van der Waals surface area contributed by atoms with Crippen LogP contribution in [-0.2, 0) is 0 Å². The second-order valence-corrected chi connectivity index (χ2v) is 3.31. The minimum atomic E-state index is 0.616. The first-order valence-electron chi connectivity index (χ1n) is 4.85. The summed E-state index contributed by atoms with van der Waals surface area (Å²) < 4.78 is 0. The van der Waals surface area contributed by atoms with Gasteiger partial charge in [-0.05, 0) is 6.42 Å². The van der Waals surface area contributed by atoms with Crippen LogP contribution in [0, 0.1) is 11.5 Å². The van der Waals surface area contributed by atoms with Crippen molar-refractivity contribution in [2.75, 3.05) is 30.4 Å². The number of nitriles is 1. The molecule has 5 nitrogen and oxygen atoms in total. The Bertz CT molecular complexity index is 357. The highest BCUT2D eigenvalue weighted by Gasteiger charge is 2.05. The minimum absolute atomic E-state index is 0.616. The van der Waals surface area contributed by atoms with E-state index in [0.29, 0.717) is 5.82 Å². The van der Waals surface area contributed by atoms with E-state index in [1.807, 2.05) is 18.1 Å². The van der Waals surface area contributed by atoms with Crippen molar-refractivity contribution in [3.8, 4) is 6.19 Å². The monoisotopic (exact) mass is 205 g/mol. The lowest BCUT2D eigenvalue weighted by Gasteiger charge is -2.18. The number of anilines is 2. The average molecular weight is 205 g/mol. The molecule has 0 radical (unpaired) electrons. The molecule has 0 unspecified atom stereocenters. The Morgan fingerprint density at radius 1 is 1.33 bits per heavy atom. The fourth-order valence-electron chi connectivity index (χ4n) is 1.23. The molecular weight excluding hydrogens is 190 g/mol. The van der Waals surface area contributed by atoms with Crippen LogP contribution in [-0.4, -0.2) is 30.6 Å². The van der Waals surface area contributed by atoms with Crippen LogP contribution in [0.25, 0.3) is 0 Å². The van der Waals surface area contributed by atoms with Gasteiger partial charge in [0.1, 0.15) is 18.0 Å². The van der Waals surface area contributed by atoms with Crippen LogP contribution in [0.5, 0.6) is 0 Å². The Morgan fingerprint density at radius 3 is 2.60 bits per heavy atom. The van der Waals surface area contributed by atoms with Gasteiger partial charge in [0.15, 0.2) is 6.19 Å². The van der Waals surface area contributed by atoms with Crippen molar-refractivity contribution in [2.24, 2.45) is 0 Å². The average Bonchev–Trinajstić information content (AvgIpc) is 2.28. The van der Waals surface area contributed by atoms with Gasteiger partial charge in [-0.2, -0.15) is 5.26 Å². The number of aromatic nitrogens is 2. The van der Waals surface area contributed by atoms with E-state index >= 15 is 0 Å². The number of hydrogen-bond acceptors (Lipinski definition) is 5. The predicted octanol–water partition coefficient (Wildman–Crippen LogP) is 1.24. The summed E-state index contributed by atoms with van der Waals surface area (Å²) in [5.41, 5.74) is 0. The van der Waals surface area contributed by atoms with E-state index in [2.05, 4.69) is 16.9 Å². The van der Waals surface area contributed by atoms with Crippen LogP contribution in [0.2, 0.25) is 0 Å². The Morgan fingerprint density at radius 2 is 2.00 bits per heavy atom. The van der Waals surface area contributed by atoms with Gasteiger partial charge in [-0.1, -0.05) is 6.92 Å². The summed E-state index contributed by atoms with van der Waals surface area (Å²) in [5, 5.41) is 8.72. The van der Waals surface area contributed by atoms with Crippen molar-refractivity contribution in [1.29, 1.82) is 5.26 Å². The highest BCUT2D eigenvalue weighted by molar-refractivity contribution is 5.51. The molecule has 0 saturated heterocycles. The lowest BCUT2D eigenvalue weighted by atomic mass is 10.4. The molecule has 1 aromatic rings. The van der Waals surface area contributed by atoms with E-state index in [1.54, 1.807) is 13.1 Å². The molecule has 0 amide bonds. The van der Waals surface area contributed by atoms with Crippen molar-refractivity contribution in [3.63, 3.8) is 0 Å². The Balaban J connectivity index is 2.88. The summed E-state index contributed by atoms with van der Waals surface area (Å²) in [6.07, 6.45) is 4.54. The van der Waals surface area contributed by atoms with Crippen LogP contribution in [0.15, 0.2) is 12.4 Å². The van der Waals surface area contributed by atoms with Crippen LogP contribution >= 0.6 is 0 Å². The topological polar surface area (TPSA) is 56.0 Å². The van der Waals surface area contributed by atoms with Crippen LogP contribution in [0.4, 0.5) is 11.6 Å². The highest BCUT2D eigenvalue weighted by Crippen LogP contribution is 2.14. The van der Waals surface area contributed by atoms with Crippen molar-refractivity contribution in [1.82, 2.24) is 9.97 Å². The molecule has 0 bridgehead atoms. The smallest absolute Gasteiger partial charge is 0.185 e. The first-order valence-corrected chi connectivity index (χ1v) is 4.85. The molecule has 0 atom stereocenters. The maximum Gasteiger partial charge on any atom is 0.185 e. The maximum atomic E-state index is 8.72. The summed E-state index contributed by atoms with van der Waals surface area (Å²) in [6, 6.07) is 1.80. The molecule has 0 N–H and O–H groups in total. The minimum Gasteiger partial charge on any atom is -0.360 e. The van der Waals surface area contributed by atoms with Crippen LogP contribution < -0.4 is 9.80 Å².